The molecule has 28 heavy (non-hydrogen) atoms. The smallest absolute Gasteiger partial charge is 0.407 e. The van der Waals surface area contributed by atoms with Gasteiger partial charge in [-0.15, -0.1) is 0 Å². The number of hydrogen-bond acceptors (Lipinski definition) is 7. The van der Waals surface area contributed by atoms with Crippen molar-refractivity contribution in [2.45, 2.75) is 43.9 Å². The van der Waals surface area contributed by atoms with Crippen molar-refractivity contribution in [3.63, 3.8) is 0 Å². The number of carbonyl (C=O) groups excluding carboxylic acids is 1. The summed E-state index contributed by atoms with van der Waals surface area (Å²) >= 11 is 0. The van der Waals surface area contributed by atoms with Crippen LogP contribution in [-0.2, 0) is 20.4 Å². The maximum absolute atomic E-state index is 13.8. The van der Waals surface area contributed by atoms with Crippen LogP contribution in [0.4, 0.5) is 13.6 Å². The summed E-state index contributed by atoms with van der Waals surface area (Å²) in [5.41, 5.74) is -3.64. The molecule has 5 N–H and O–H groups in total. The fraction of sp³-hybridized carbons (Fsp3) is 0.562. The average Bonchev–Trinajstić information content (AvgIpc) is 2.64. The van der Waals surface area contributed by atoms with Crippen molar-refractivity contribution in [3.05, 3.63) is 35.9 Å². The number of aliphatic hydroxyl groups is 3. The molecule has 1 aromatic rings. The van der Waals surface area contributed by atoms with Crippen LogP contribution in [0, 0.1) is 0 Å². The van der Waals surface area contributed by atoms with Crippen LogP contribution in [0.25, 0.3) is 0 Å². The summed E-state index contributed by atoms with van der Waals surface area (Å²) in [6.45, 7) is 0.110. The van der Waals surface area contributed by atoms with Crippen LogP contribution >= 0.6 is 7.60 Å². The lowest BCUT2D eigenvalue weighted by Crippen LogP contribution is -2.46. The molecule has 1 amide bonds. The Morgan fingerprint density at radius 2 is 1.82 bits per heavy atom. The fourth-order valence-electron chi connectivity index (χ4n) is 2.10. The van der Waals surface area contributed by atoms with Gasteiger partial charge in [0, 0.05) is 6.54 Å². The Balaban J connectivity index is 2.47. The van der Waals surface area contributed by atoms with Crippen molar-refractivity contribution in [2.24, 2.45) is 0 Å². The molecule has 0 saturated carbocycles. The zero-order valence-corrected chi connectivity index (χ0v) is 16.0. The van der Waals surface area contributed by atoms with E-state index in [1.165, 1.54) is 6.92 Å². The second kappa shape index (κ2) is 10.8. The summed E-state index contributed by atoms with van der Waals surface area (Å²) in [5, 5.41) is 31.2. The summed E-state index contributed by atoms with van der Waals surface area (Å²) in [6.07, 6.45) is -8.78. The zero-order valence-electron chi connectivity index (χ0n) is 15.1. The molecule has 4 atom stereocenters. The van der Waals surface area contributed by atoms with Crippen molar-refractivity contribution in [1.82, 2.24) is 5.32 Å². The number of amides is 1. The van der Waals surface area contributed by atoms with Crippen molar-refractivity contribution in [1.29, 1.82) is 0 Å². The van der Waals surface area contributed by atoms with E-state index in [-0.39, 0.29) is 6.61 Å². The quantitative estimate of drug-likeness (QED) is 0.331. The molecule has 0 aromatic heterocycles. The van der Waals surface area contributed by atoms with Gasteiger partial charge in [-0.3, -0.25) is 4.57 Å². The normalized spacial score (nSPS) is 17.2. The summed E-state index contributed by atoms with van der Waals surface area (Å²) in [5.74, 6) is 0. The first kappa shape index (κ1) is 24.4. The van der Waals surface area contributed by atoms with Gasteiger partial charge >= 0.3 is 19.4 Å². The fourth-order valence-corrected chi connectivity index (χ4v) is 3.05. The zero-order chi connectivity index (χ0) is 21.4. The molecule has 1 unspecified atom stereocenters. The van der Waals surface area contributed by atoms with Crippen LogP contribution in [-0.4, -0.2) is 63.4 Å². The predicted octanol–water partition coefficient (Wildman–Crippen LogP) is 1.20. The number of alkyl halides is 2. The number of alkyl carbamates (subject to hydrolysis) is 1. The van der Waals surface area contributed by atoms with E-state index in [1.54, 1.807) is 30.3 Å². The van der Waals surface area contributed by atoms with Gasteiger partial charge in [0.05, 0.1) is 25.2 Å². The Bertz CT molecular complexity index is 663. The first-order valence-electron chi connectivity index (χ1n) is 8.34. The third kappa shape index (κ3) is 7.42. The van der Waals surface area contributed by atoms with Gasteiger partial charge in [-0.2, -0.15) is 8.78 Å². The lowest BCUT2D eigenvalue weighted by atomic mass is 10.1. The van der Waals surface area contributed by atoms with E-state index in [2.05, 4.69) is 9.84 Å². The Morgan fingerprint density at radius 3 is 2.39 bits per heavy atom. The Kier molecular flexibility index (Phi) is 9.42. The van der Waals surface area contributed by atoms with E-state index in [0.29, 0.717) is 5.56 Å². The molecule has 0 heterocycles. The Hall–Kier alpha value is -1.62. The number of rotatable bonds is 11. The molecule has 0 fully saturated rings. The van der Waals surface area contributed by atoms with Gasteiger partial charge in [0.15, 0.2) is 0 Å². The van der Waals surface area contributed by atoms with Crippen LogP contribution in [0.2, 0.25) is 0 Å². The number of nitrogens with one attached hydrogen (secondary N) is 1. The number of halogens is 2. The van der Waals surface area contributed by atoms with Gasteiger partial charge in [-0.1, -0.05) is 30.3 Å². The molecule has 1 aromatic carbocycles. The van der Waals surface area contributed by atoms with Gasteiger partial charge < -0.3 is 34.8 Å². The highest BCUT2D eigenvalue weighted by Gasteiger charge is 2.53. The minimum atomic E-state index is -5.36. The highest BCUT2D eigenvalue weighted by atomic mass is 31.2. The number of benzene rings is 1. The maximum atomic E-state index is 13.8. The summed E-state index contributed by atoms with van der Waals surface area (Å²) < 4.78 is 47.9. The Morgan fingerprint density at radius 1 is 1.21 bits per heavy atom. The summed E-state index contributed by atoms with van der Waals surface area (Å²) in [4.78, 5) is 20.7. The van der Waals surface area contributed by atoms with Crippen LogP contribution in [0.5, 0.6) is 0 Å². The van der Waals surface area contributed by atoms with Crippen molar-refractivity contribution < 1.29 is 47.6 Å². The average molecular weight is 427 g/mol. The number of aliphatic hydroxyl groups excluding tert-OH is 3. The molecule has 160 valence electrons. The van der Waals surface area contributed by atoms with E-state index >= 15 is 0 Å². The van der Waals surface area contributed by atoms with Gasteiger partial charge in [0.2, 0.25) is 0 Å². The molecule has 12 heteroatoms. The van der Waals surface area contributed by atoms with Gasteiger partial charge in [0.1, 0.15) is 12.7 Å². The number of carbonyl (C=O) groups is 1. The SMILES string of the molecule is CCOP(=O)(O)C(F)(F)C[C@@H](O)[C@@H](O)[C@@H](O)CNC(=O)OCc1ccccc1. The minimum Gasteiger partial charge on any atom is -0.445 e. The first-order chi connectivity index (χ1) is 13.0. The molecule has 0 spiro atoms. The van der Waals surface area contributed by atoms with Crippen LogP contribution < -0.4 is 5.32 Å². The number of ether oxygens (including phenoxy) is 1. The highest BCUT2D eigenvalue weighted by molar-refractivity contribution is 7.54. The summed E-state index contributed by atoms with van der Waals surface area (Å²) in [6, 6.07) is 8.69. The van der Waals surface area contributed by atoms with Crippen LogP contribution in [0.1, 0.15) is 18.9 Å². The van der Waals surface area contributed by atoms with Crippen molar-refractivity contribution >= 4 is 13.7 Å². The molecule has 1 rings (SSSR count). The standard InChI is InChI=1S/C16H24F2NO8P/c1-2-27-28(24,25)16(17,18)8-12(20)14(22)13(21)9-19-15(23)26-10-11-6-4-3-5-7-11/h3-7,12-14,20-22H,2,8-10H2,1H3,(H,19,23)(H,24,25)/t12-,13+,14-/m1/s1. The molecule has 0 aliphatic heterocycles. The molecule has 9 nitrogen and oxygen atoms in total. The molecule has 0 aliphatic carbocycles. The largest absolute Gasteiger partial charge is 0.445 e. The molecule has 0 saturated heterocycles. The minimum absolute atomic E-state index is 0.0522. The third-order valence-corrected chi connectivity index (χ3v) is 5.25. The van der Waals surface area contributed by atoms with Crippen LogP contribution in [0.15, 0.2) is 30.3 Å². The molecule has 0 radical (unpaired) electrons. The Labute approximate surface area is 160 Å². The van der Waals surface area contributed by atoms with Gasteiger partial charge in [-0.05, 0) is 12.5 Å². The monoisotopic (exact) mass is 427 g/mol. The maximum Gasteiger partial charge on any atom is 0.407 e. The van der Waals surface area contributed by atoms with Gasteiger partial charge in [0.25, 0.3) is 0 Å². The lowest BCUT2D eigenvalue weighted by Gasteiger charge is -2.28. The van der Waals surface area contributed by atoms with E-state index in [4.69, 9.17) is 4.74 Å². The van der Waals surface area contributed by atoms with E-state index in [0.717, 1.165) is 0 Å². The van der Waals surface area contributed by atoms with Crippen molar-refractivity contribution in [2.75, 3.05) is 13.2 Å². The van der Waals surface area contributed by atoms with Crippen LogP contribution in [0.3, 0.4) is 0 Å². The number of hydrogen-bond donors (Lipinski definition) is 5. The molecular formula is C16H24F2NO8P. The summed E-state index contributed by atoms with van der Waals surface area (Å²) in [7, 11) is -5.36. The predicted molar refractivity (Wildman–Crippen MR) is 93.7 cm³/mol. The van der Waals surface area contributed by atoms with E-state index in [1.807, 2.05) is 0 Å². The second-order valence-electron chi connectivity index (χ2n) is 5.88. The molecule has 0 bridgehead atoms. The molecule has 0 aliphatic rings. The van der Waals surface area contributed by atoms with E-state index < -0.39 is 57.2 Å². The molecular weight excluding hydrogens is 403 g/mol. The second-order valence-corrected chi connectivity index (χ2v) is 7.83. The van der Waals surface area contributed by atoms with Gasteiger partial charge in [-0.25, -0.2) is 4.79 Å². The van der Waals surface area contributed by atoms with E-state index in [9.17, 15) is 38.4 Å². The third-order valence-electron chi connectivity index (χ3n) is 3.63. The first-order valence-corrected chi connectivity index (χ1v) is 9.92. The topological polar surface area (TPSA) is 146 Å². The van der Waals surface area contributed by atoms with Crippen molar-refractivity contribution in [3.8, 4) is 0 Å². The highest BCUT2D eigenvalue weighted by Crippen LogP contribution is 2.59. The lowest BCUT2D eigenvalue weighted by molar-refractivity contribution is -0.0886.